The molecule has 2 aliphatic rings. The molecule has 0 saturated heterocycles. The molecule has 1 aromatic heterocycles. The predicted octanol–water partition coefficient (Wildman–Crippen LogP) is 6.06. The lowest BCUT2D eigenvalue weighted by molar-refractivity contribution is -0.116. The van der Waals surface area contributed by atoms with Gasteiger partial charge in [0, 0.05) is 22.8 Å². The molecule has 0 spiro atoms. The molecule has 1 saturated carbocycles. The van der Waals surface area contributed by atoms with Crippen LogP contribution in [0.3, 0.4) is 0 Å². The van der Waals surface area contributed by atoms with Gasteiger partial charge in [0.25, 0.3) is 0 Å². The van der Waals surface area contributed by atoms with Crippen LogP contribution in [-0.2, 0) is 4.79 Å². The standard InChI is InChI=1S/C26H24FNO5S/c1-32-20-12-15(8-11-19(20)33-17-4-2-3-5-17)18-13-21(29)28-23-22(14-6-9-16(27)10-7-14)25(26(30)31)34-24(18)23/h6-12,17-18H,2-5,13H2,1H3,(H,28,29)(H,30,31). The van der Waals surface area contributed by atoms with Crippen LogP contribution < -0.4 is 14.8 Å². The van der Waals surface area contributed by atoms with Gasteiger partial charge in [-0.15, -0.1) is 11.3 Å². The molecule has 2 heterocycles. The summed E-state index contributed by atoms with van der Waals surface area (Å²) in [7, 11) is 1.58. The van der Waals surface area contributed by atoms with Crippen LogP contribution in [0.2, 0.25) is 0 Å². The molecule has 0 radical (unpaired) electrons. The second kappa shape index (κ2) is 9.10. The number of hydrogen-bond acceptors (Lipinski definition) is 5. The van der Waals surface area contributed by atoms with E-state index in [1.807, 2.05) is 18.2 Å². The van der Waals surface area contributed by atoms with Crippen LogP contribution in [0.15, 0.2) is 42.5 Å². The number of anilines is 1. The van der Waals surface area contributed by atoms with Crippen LogP contribution in [0.1, 0.15) is 58.1 Å². The Morgan fingerprint density at radius 2 is 1.85 bits per heavy atom. The molecule has 2 N–H and O–H groups in total. The molecule has 1 atom stereocenters. The molecule has 1 amide bonds. The minimum absolute atomic E-state index is 0.108. The molecular formula is C26H24FNO5S. The van der Waals surface area contributed by atoms with Crippen LogP contribution in [0.5, 0.6) is 11.5 Å². The zero-order valence-electron chi connectivity index (χ0n) is 18.6. The number of carboxylic acids is 1. The highest BCUT2D eigenvalue weighted by Gasteiger charge is 2.35. The summed E-state index contributed by atoms with van der Waals surface area (Å²) in [5.74, 6) is -0.798. The van der Waals surface area contributed by atoms with Crippen molar-refractivity contribution in [2.75, 3.05) is 12.4 Å². The number of halogens is 1. The number of carbonyl (C=O) groups excluding carboxylic acids is 1. The van der Waals surface area contributed by atoms with Crippen molar-refractivity contribution in [3.63, 3.8) is 0 Å². The molecule has 1 aliphatic carbocycles. The Morgan fingerprint density at radius 1 is 1.12 bits per heavy atom. The van der Waals surface area contributed by atoms with Gasteiger partial charge in [-0.1, -0.05) is 18.2 Å². The summed E-state index contributed by atoms with van der Waals surface area (Å²) in [6.07, 6.45) is 4.73. The zero-order chi connectivity index (χ0) is 23.8. The van der Waals surface area contributed by atoms with Gasteiger partial charge in [-0.3, -0.25) is 4.79 Å². The number of carbonyl (C=O) groups is 2. The van der Waals surface area contributed by atoms with Crippen LogP contribution in [0, 0.1) is 5.82 Å². The van der Waals surface area contributed by atoms with E-state index in [0.29, 0.717) is 28.3 Å². The molecule has 0 bridgehead atoms. The van der Waals surface area contributed by atoms with Gasteiger partial charge in [-0.05, 0) is 61.1 Å². The molecule has 1 aliphatic heterocycles. The summed E-state index contributed by atoms with van der Waals surface area (Å²) in [5.41, 5.74) is 2.25. The van der Waals surface area contributed by atoms with Gasteiger partial charge in [0.1, 0.15) is 10.7 Å². The summed E-state index contributed by atoms with van der Waals surface area (Å²) in [4.78, 5) is 25.7. The number of fused-ring (bicyclic) bond motifs is 1. The molecule has 6 nitrogen and oxygen atoms in total. The molecule has 34 heavy (non-hydrogen) atoms. The summed E-state index contributed by atoms with van der Waals surface area (Å²) in [6, 6.07) is 11.3. The number of amides is 1. The monoisotopic (exact) mass is 481 g/mol. The molecule has 3 aromatic rings. The average Bonchev–Trinajstić information content (AvgIpc) is 3.47. The maximum atomic E-state index is 13.5. The first kappa shape index (κ1) is 22.4. The smallest absolute Gasteiger partial charge is 0.346 e. The van der Waals surface area contributed by atoms with E-state index in [1.54, 1.807) is 7.11 Å². The van der Waals surface area contributed by atoms with E-state index in [1.165, 1.54) is 24.3 Å². The van der Waals surface area contributed by atoms with Crippen LogP contribution >= 0.6 is 11.3 Å². The van der Waals surface area contributed by atoms with E-state index in [4.69, 9.17) is 9.47 Å². The third-order valence-electron chi connectivity index (χ3n) is 6.42. The quantitative estimate of drug-likeness (QED) is 0.447. The summed E-state index contributed by atoms with van der Waals surface area (Å²) >= 11 is 1.14. The van der Waals surface area contributed by atoms with Crippen LogP contribution in [0.25, 0.3) is 11.1 Å². The van der Waals surface area contributed by atoms with Gasteiger partial charge < -0.3 is 19.9 Å². The lowest BCUT2D eigenvalue weighted by Crippen LogP contribution is -2.22. The van der Waals surface area contributed by atoms with Gasteiger partial charge in [0.2, 0.25) is 5.91 Å². The lowest BCUT2D eigenvalue weighted by atomic mass is 9.88. The number of benzene rings is 2. The third-order valence-corrected chi connectivity index (χ3v) is 7.71. The fourth-order valence-corrected chi connectivity index (χ4v) is 6.03. The van der Waals surface area contributed by atoms with Crippen molar-refractivity contribution in [3.05, 3.63) is 63.6 Å². The predicted molar refractivity (Wildman–Crippen MR) is 128 cm³/mol. The van der Waals surface area contributed by atoms with Crippen LogP contribution in [0.4, 0.5) is 10.1 Å². The number of nitrogens with one attached hydrogen (secondary N) is 1. The summed E-state index contributed by atoms with van der Waals surface area (Å²) in [6.45, 7) is 0. The molecule has 5 rings (SSSR count). The fraction of sp³-hybridized carbons (Fsp3) is 0.308. The maximum Gasteiger partial charge on any atom is 0.346 e. The number of rotatable bonds is 6. The first-order chi connectivity index (χ1) is 16.4. The lowest BCUT2D eigenvalue weighted by Gasteiger charge is -2.25. The average molecular weight is 482 g/mol. The highest BCUT2D eigenvalue weighted by atomic mass is 32.1. The third kappa shape index (κ3) is 4.14. The minimum atomic E-state index is -1.09. The van der Waals surface area contributed by atoms with Gasteiger partial charge in [-0.2, -0.15) is 0 Å². The molecule has 176 valence electrons. The Kier molecular flexibility index (Phi) is 6.00. The fourth-order valence-electron chi connectivity index (χ4n) is 4.78. The molecular weight excluding hydrogens is 457 g/mol. The molecule has 1 fully saturated rings. The number of hydrogen-bond donors (Lipinski definition) is 2. The van der Waals surface area contributed by atoms with Gasteiger partial charge in [0.15, 0.2) is 11.5 Å². The van der Waals surface area contributed by atoms with E-state index < -0.39 is 11.8 Å². The number of ether oxygens (including phenoxy) is 2. The number of thiophene rings is 1. The van der Waals surface area contributed by atoms with E-state index in [-0.39, 0.29) is 29.2 Å². The van der Waals surface area contributed by atoms with Crippen molar-refractivity contribution in [3.8, 4) is 22.6 Å². The Morgan fingerprint density at radius 3 is 2.53 bits per heavy atom. The topological polar surface area (TPSA) is 84.9 Å². The molecule has 8 heteroatoms. The molecule has 1 unspecified atom stereocenters. The van der Waals surface area contributed by atoms with E-state index >= 15 is 0 Å². The molecule has 2 aromatic carbocycles. The first-order valence-corrected chi connectivity index (χ1v) is 12.1. The van der Waals surface area contributed by atoms with Crippen molar-refractivity contribution in [2.24, 2.45) is 0 Å². The Hall–Kier alpha value is -3.39. The van der Waals surface area contributed by atoms with Crippen molar-refractivity contribution in [2.45, 2.75) is 44.1 Å². The minimum Gasteiger partial charge on any atom is -0.493 e. The largest absolute Gasteiger partial charge is 0.493 e. The van der Waals surface area contributed by atoms with Crippen LogP contribution in [-0.4, -0.2) is 30.2 Å². The zero-order valence-corrected chi connectivity index (χ0v) is 19.4. The second-order valence-corrected chi connectivity index (χ2v) is 9.65. The van der Waals surface area contributed by atoms with E-state index in [9.17, 15) is 19.1 Å². The van der Waals surface area contributed by atoms with Crippen molar-refractivity contribution in [1.29, 1.82) is 0 Å². The van der Waals surface area contributed by atoms with Gasteiger partial charge in [-0.25, -0.2) is 9.18 Å². The van der Waals surface area contributed by atoms with E-state index in [2.05, 4.69) is 5.32 Å². The number of aromatic carboxylic acids is 1. The van der Waals surface area contributed by atoms with Crippen molar-refractivity contribution >= 4 is 28.9 Å². The first-order valence-electron chi connectivity index (χ1n) is 11.2. The van der Waals surface area contributed by atoms with Crippen molar-refractivity contribution in [1.82, 2.24) is 0 Å². The van der Waals surface area contributed by atoms with Crippen molar-refractivity contribution < 1.29 is 28.6 Å². The maximum absolute atomic E-state index is 13.5. The summed E-state index contributed by atoms with van der Waals surface area (Å²) in [5, 5.41) is 12.8. The van der Waals surface area contributed by atoms with E-state index in [0.717, 1.165) is 47.5 Å². The second-order valence-electron chi connectivity index (χ2n) is 8.60. The SMILES string of the molecule is COc1cc(C2CC(=O)Nc3c2sc(C(=O)O)c3-c2ccc(F)cc2)ccc1OC1CCCC1. The van der Waals surface area contributed by atoms with Gasteiger partial charge in [0.05, 0.1) is 18.9 Å². The Bertz CT molecular complexity index is 1250. The Labute approximate surface area is 200 Å². The Balaban J connectivity index is 1.57. The summed E-state index contributed by atoms with van der Waals surface area (Å²) < 4.78 is 25.2. The number of methoxy groups -OCH3 is 1. The highest BCUT2D eigenvalue weighted by Crippen LogP contribution is 2.50. The number of carboxylic acid groups (broad SMARTS) is 1. The van der Waals surface area contributed by atoms with Gasteiger partial charge >= 0.3 is 5.97 Å². The normalized spacial score (nSPS) is 17.8. The highest BCUT2D eigenvalue weighted by molar-refractivity contribution is 7.15.